The molecule has 1 aliphatic rings. The first-order chi connectivity index (χ1) is 10.4. The average molecular weight is 287 g/mol. The lowest BCUT2D eigenvalue weighted by Gasteiger charge is -2.11. The molecule has 1 fully saturated rings. The largest absolute Gasteiger partial charge is 0.491 e. The van der Waals surface area contributed by atoms with Gasteiger partial charge in [0.1, 0.15) is 18.1 Å². The predicted octanol–water partition coefficient (Wildman–Crippen LogP) is 3.22. The van der Waals surface area contributed by atoms with Gasteiger partial charge in [0.2, 0.25) is 0 Å². The summed E-state index contributed by atoms with van der Waals surface area (Å²) in [6.45, 7) is 1.89. The Labute approximate surface area is 125 Å². The Morgan fingerprint density at radius 2 is 2.00 bits per heavy atom. The van der Waals surface area contributed by atoms with E-state index >= 15 is 0 Å². The van der Waals surface area contributed by atoms with Crippen molar-refractivity contribution < 1.29 is 13.9 Å². The number of para-hydroxylation sites is 1. The van der Waals surface area contributed by atoms with Gasteiger partial charge in [-0.3, -0.25) is 0 Å². The number of hydrogen-bond donors (Lipinski definition) is 1. The van der Waals surface area contributed by atoms with Gasteiger partial charge in [0.15, 0.2) is 0 Å². The fraction of sp³-hybridized carbons (Fsp3) is 0.412. The molecule has 112 valence electrons. The van der Waals surface area contributed by atoms with Crippen LogP contribution in [0.15, 0.2) is 41.0 Å². The van der Waals surface area contributed by atoms with E-state index in [2.05, 4.69) is 11.4 Å². The smallest absolute Gasteiger partial charge is 0.127 e. The summed E-state index contributed by atoms with van der Waals surface area (Å²) in [6.07, 6.45) is 4.28. The third-order valence-electron chi connectivity index (χ3n) is 3.60. The van der Waals surface area contributed by atoms with Crippen LogP contribution < -0.4 is 10.1 Å². The van der Waals surface area contributed by atoms with Crippen LogP contribution in [0.4, 0.5) is 0 Å². The Balaban J connectivity index is 1.77. The number of rotatable bonds is 8. The molecule has 4 heteroatoms. The van der Waals surface area contributed by atoms with Crippen molar-refractivity contribution in [2.24, 2.45) is 0 Å². The summed E-state index contributed by atoms with van der Waals surface area (Å²) >= 11 is 0. The average Bonchev–Trinajstić information content (AvgIpc) is 3.23. The van der Waals surface area contributed by atoms with Crippen molar-refractivity contribution in [3.05, 3.63) is 42.4 Å². The lowest BCUT2D eigenvalue weighted by atomic mass is 10.1. The van der Waals surface area contributed by atoms with Crippen molar-refractivity contribution in [3.63, 3.8) is 0 Å². The molecule has 4 nitrogen and oxygen atoms in total. The highest BCUT2D eigenvalue weighted by molar-refractivity contribution is 5.72. The van der Waals surface area contributed by atoms with Crippen molar-refractivity contribution in [2.75, 3.05) is 20.3 Å². The minimum absolute atomic E-state index is 0.543. The zero-order chi connectivity index (χ0) is 14.5. The lowest BCUT2D eigenvalue weighted by molar-refractivity contribution is 0.146. The molecule has 1 aromatic carbocycles. The maximum atomic E-state index is 5.81. The van der Waals surface area contributed by atoms with Gasteiger partial charge in [0, 0.05) is 24.3 Å². The fourth-order valence-electron chi connectivity index (χ4n) is 2.29. The van der Waals surface area contributed by atoms with E-state index < -0.39 is 0 Å². The monoisotopic (exact) mass is 287 g/mol. The minimum atomic E-state index is 0.543. The van der Waals surface area contributed by atoms with Gasteiger partial charge < -0.3 is 19.2 Å². The first-order valence-corrected chi connectivity index (χ1v) is 7.39. The molecule has 0 radical (unpaired) electrons. The second kappa shape index (κ2) is 6.78. The normalized spacial score (nSPS) is 14.3. The molecular formula is C17H21NO3. The zero-order valence-electron chi connectivity index (χ0n) is 12.3. The molecule has 0 bridgehead atoms. The molecule has 0 unspecified atom stereocenters. The molecule has 0 saturated heterocycles. The van der Waals surface area contributed by atoms with Crippen molar-refractivity contribution >= 4 is 0 Å². The van der Waals surface area contributed by atoms with Gasteiger partial charge in [-0.05, 0) is 25.0 Å². The van der Waals surface area contributed by atoms with Crippen LogP contribution in [0.3, 0.4) is 0 Å². The highest BCUT2D eigenvalue weighted by Gasteiger charge is 2.22. The second-order valence-electron chi connectivity index (χ2n) is 5.25. The molecule has 0 amide bonds. The molecule has 2 aromatic rings. The number of furan rings is 1. The van der Waals surface area contributed by atoms with Gasteiger partial charge in [0.25, 0.3) is 0 Å². The van der Waals surface area contributed by atoms with Crippen LogP contribution in [0, 0.1) is 0 Å². The third-order valence-corrected chi connectivity index (χ3v) is 3.60. The lowest BCUT2D eigenvalue weighted by Crippen LogP contribution is -2.15. The molecule has 21 heavy (non-hydrogen) atoms. The van der Waals surface area contributed by atoms with E-state index in [1.54, 1.807) is 13.4 Å². The van der Waals surface area contributed by atoms with Crippen LogP contribution in [0.25, 0.3) is 11.1 Å². The summed E-state index contributed by atoms with van der Waals surface area (Å²) < 4.78 is 16.5. The van der Waals surface area contributed by atoms with Crippen LogP contribution >= 0.6 is 0 Å². The molecule has 3 rings (SSSR count). The Morgan fingerprint density at radius 3 is 2.81 bits per heavy atom. The Kier molecular flexibility index (Phi) is 4.58. The SMILES string of the molecule is COCCOc1ccccc1-c1ccoc1CNC1CC1. The van der Waals surface area contributed by atoms with E-state index in [4.69, 9.17) is 13.9 Å². The Bertz CT molecular complexity index is 575. The van der Waals surface area contributed by atoms with Crippen molar-refractivity contribution in [3.8, 4) is 16.9 Å². The summed E-state index contributed by atoms with van der Waals surface area (Å²) in [4.78, 5) is 0. The van der Waals surface area contributed by atoms with Crippen molar-refractivity contribution in [1.82, 2.24) is 5.32 Å². The number of benzene rings is 1. The number of methoxy groups -OCH3 is 1. The van der Waals surface area contributed by atoms with Gasteiger partial charge in [-0.2, -0.15) is 0 Å². The third kappa shape index (κ3) is 3.65. The molecule has 0 atom stereocenters. The highest BCUT2D eigenvalue weighted by Crippen LogP contribution is 2.33. The van der Waals surface area contributed by atoms with E-state index in [9.17, 15) is 0 Å². The first-order valence-electron chi connectivity index (χ1n) is 7.39. The number of ether oxygens (including phenoxy) is 2. The van der Waals surface area contributed by atoms with Gasteiger partial charge in [-0.1, -0.05) is 18.2 Å². The van der Waals surface area contributed by atoms with Gasteiger partial charge in [-0.25, -0.2) is 0 Å². The van der Waals surface area contributed by atoms with Crippen LogP contribution in [0.1, 0.15) is 18.6 Å². The summed E-state index contributed by atoms with van der Waals surface area (Å²) in [5, 5.41) is 3.49. The maximum absolute atomic E-state index is 5.81. The van der Waals surface area contributed by atoms with Crippen molar-refractivity contribution in [2.45, 2.75) is 25.4 Å². The predicted molar refractivity (Wildman–Crippen MR) is 81.4 cm³/mol. The van der Waals surface area contributed by atoms with E-state index in [0.29, 0.717) is 19.3 Å². The topological polar surface area (TPSA) is 43.6 Å². The highest BCUT2D eigenvalue weighted by atomic mass is 16.5. The van der Waals surface area contributed by atoms with Gasteiger partial charge in [-0.15, -0.1) is 0 Å². The standard InChI is InChI=1S/C17H21NO3/c1-19-10-11-21-16-5-3-2-4-14(16)15-8-9-20-17(15)12-18-13-6-7-13/h2-5,8-9,13,18H,6-7,10-12H2,1H3. The zero-order valence-corrected chi connectivity index (χ0v) is 12.3. The molecule has 1 saturated carbocycles. The van der Waals surface area contributed by atoms with Crippen molar-refractivity contribution in [1.29, 1.82) is 0 Å². The van der Waals surface area contributed by atoms with E-state index in [1.807, 2.05) is 24.3 Å². The number of hydrogen-bond acceptors (Lipinski definition) is 4. The maximum Gasteiger partial charge on any atom is 0.127 e. The molecule has 1 aromatic heterocycles. The van der Waals surface area contributed by atoms with Crippen LogP contribution in [0.5, 0.6) is 5.75 Å². The molecular weight excluding hydrogens is 266 g/mol. The van der Waals surface area contributed by atoms with Crippen LogP contribution in [-0.4, -0.2) is 26.4 Å². The molecule has 1 heterocycles. The van der Waals surface area contributed by atoms with E-state index in [-0.39, 0.29) is 0 Å². The van der Waals surface area contributed by atoms with Crippen LogP contribution in [-0.2, 0) is 11.3 Å². The van der Waals surface area contributed by atoms with Gasteiger partial charge in [0.05, 0.1) is 19.4 Å². The van der Waals surface area contributed by atoms with Crippen LogP contribution in [0.2, 0.25) is 0 Å². The Hall–Kier alpha value is -1.78. The van der Waals surface area contributed by atoms with E-state index in [0.717, 1.165) is 29.2 Å². The minimum Gasteiger partial charge on any atom is -0.491 e. The molecule has 1 N–H and O–H groups in total. The fourth-order valence-corrected chi connectivity index (χ4v) is 2.29. The second-order valence-corrected chi connectivity index (χ2v) is 5.25. The molecule has 0 aliphatic heterocycles. The Morgan fingerprint density at radius 1 is 1.14 bits per heavy atom. The quantitative estimate of drug-likeness (QED) is 0.757. The summed E-state index contributed by atoms with van der Waals surface area (Å²) in [6, 6.07) is 10.7. The summed E-state index contributed by atoms with van der Waals surface area (Å²) in [5.41, 5.74) is 2.16. The van der Waals surface area contributed by atoms with E-state index in [1.165, 1.54) is 12.8 Å². The molecule has 0 spiro atoms. The summed E-state index contributed by atoms with van der Waals surface area (Å²) in [5.74, 6) is 1.83. The number of nitrogens with one attached hydrogen (secondary N) is 1. The molecule has 1 aliphatic carbocycles. The summed E-state index contributed by atoms with van der Waals surface area (Å²) in [7, 11) is 1.67. The first kappa shape index (κ1) is 14.2. The van der Waals surface area contributed by atoms with Gasteiger partial charge >= 0.3 is 0 Å².